The Hall–Kier alpha value is -3.81. The standard InChI is InChI=1S/C27H30N4O4/c1-2-3-4-5-6-9-14-33-27(32)23-24-26(30-20-11-8-7-10-19(20)29-24)31(25(23)28)16-18-12-13-21-22(15-18)35-17-34-21/h7-8,10-13,15H,2-6,9,14,16-17,28H2,1H3. The molecule has 35 heavy (non-hydrogen) atoms. The number of carbonyl (C=O) groups is 1. The van der Waals surface area contributed by atoms with Crippen molar-refractivity contribution in [2.45, 2.75) is 52.0 Å². The summed E-state index contributed by atoms with van der Waals surface area (Å²) in [6.45, 7) is 3.16. The zero-order valence-corrected chi connectivity index (χ0v) is 20.0. The molecule has 2 aromatic heterocycles. The number of hydrogen-bond acceptors (Lipinski definition) is 7. The lowest BCUT2D eigenvalue weighted by molar-refractivity contribution is 0.0501. The fraction of sp³-hybridized carbons (Fsp3) is 0.370. The van der Waals surface area contributed by atoms with Crippen LogP contribution in [0.1, 0.15) is 61.4 Å². The molecule has 5 rings (SSSR count). The Morgan fingerprint density at radius 3 is 2.57 bits per heavy atom. The first kappa shape index (κ1) is 23.0. The molecule has 182 valence electrons. The number of benzene rings is 2. The summed E-state index contributed by atoms with van der Waals surface area (Å²) < 4.78 is 18.4. The number of para-hydroxylation sites is 2. The second-order valence-corrected chi connectivity index (χ2v) is 8.82. The molecule has 1 aliphatic heterocycles. The molecule has 1 aliphatic rings. The lowest BCUT2D eigenvalue weighted by Crippen LogP contribution is -2.11. The minimum atomic E-state index is -0.463. The molecule has 0 saturated heterocycles. The number of rotatable bonds is 10. The fourth-order valence-electron chi connectivity index (χ4n) is 4.42. The van der Waals surface area contributed by atoms with Crippen molar-refractivity contribution in [1.29, 1.82) is 0 Å². The van der Waals surface area contributed by atoms with E-state index in [2.05, 4.69) is 6.92 Å². The van der Waals surface area contributed by atoms with E-state index in [-0.39, 0.29) is 12.4 Å². The number of carbonyl (C=O) groups excluding carboxylic acids is 1. The summed E-state index contributed by atoms with van der Waals surface area (Å²) in [4.78, 5) is 22.7. The highest BCUT2D eigenvalue weighted by Gasteiger charge is 2.25. The first-order valence-corrected chi connectivity index (χ1v) is 12.3. The molecule has 0 bridgehead atoms. The van der Waals surface area contributed by atoms with Crippen LogP contribution in [0.25, 0.3) is 22.2 Å². The number of aromatic nitrogens is 3. The van der Waals surface area contributed by atoms with E-state index >= 15 is 0 Å². The predicted octanol–water partition coefficient (Wildman–Crippen LogP) is 5.46. The predicted molar refractivity (Wildman–Crippen MR) is 135 cm³/mol. The van der Waals surface area contributed by atoms with Crippen LogP contribution in [0.15, 0.2) is 42.5 Å². The molecule has 8 heteroatoms. The van der Waals surface area contributed by atoms with Crippen LogP contribution in [0.4, 0.5) is 5.82 Å². The van der Waals surface area contributed by atoms with Gasteiger partial charge in [-0.1, -0.05) is 57.2 Å². The normalized spacial score (nSPS) is 12.5. The third-order valence-electron chi connectivity index (χ3n) is 6.30. The van der Waals surface area contributed by atoms with E-state index in [9.17, 15) is 4.79 Å². The van der Waals surface area contributed by atoms with Crippen molar-refractivity contribution in [3.63, 3.8) is 0 Å². The highest BCUT2D eigenvalue weighted by atomic mass is 16.7. The third-order valence-corrected chi connectivity index (χ3v) is 6.30. The smallest absolute Gasteiger partial charge is 0.344 e. The van der Waals surface area contributed by atoms with Gasteiger partial charge in [0.25, 0.3) is 0 Å². The van der Waals surface area contributed by atoms with E-state index in [0.29, 0.717) is 47.1 Å². The molecule has 3 heterocycles. The summed E-state index contributed by atoms with van der Waals surface area (Å²) in [5, 5.41) is 0. The highest BCUT2D eigenvalue weighted by molar-refractivity contribution is 6.08. The molecule has 0 atom stereocenters. The van der Waals surface area contributed by atoms with Crippen molar-refractivity contribution in [3.8, 4) is 11.5 Å². The summed E-state index contributed by atoms with van der Waals surface area (Å²) >= 11 is 0. The topological polar surface area (TPSA) is 101 Å². The van der Waals surface area contributed by atoms with Crippen LogP contribution in [0.3, 0.4) is 0 Å². The van der Waals surface area contributed by atoms with Crippen LogP contribution < -0.4 is 15.2 Å². The van der Waals surface area contributed by atoms with Gasteiger partial charge in [0.1, 0.15) is 16.9 Å². The number of nitrogens with zero attached hydrogens (tertiary/aromatic N) is 3. The zero-order chi connectivity index (χ0) is 24.2. The van der Waals surface area contributed by atoms with E-state index in [1.165, 1.54) is 19.3 Å². The van der Waals surface area contributed by atoms with Crippen molar-refractivity contribution in [2.75, 3.05) is 19.1 Å². The summed E-state index contributed by atoms with van der Waals surface area (Å²) in [5.74, 6) is 1.23. The van der Waals surface area contributed by atoms with Gasteiger partial charge in [0.05, 0.1) is 24.2 Å². The number of fused-ring (bicyclic) bond motifs is 3. The van der Waals surface area contributed by atoms with Gasteiger partial charge in [-0.15, -0.1) is 0 Å². The Morgan fingerprint density at radius 2 is 1.74 bits per heavy atom. The molecule has 2 N–H and O–H groups in total. The minimum absolute atomic E-state index is 0.208. The number of anilines is 1. The molecule has 0 amide bonds. The molecule has 0 radical (unpaired) electrons. The van der Waals surface area contributed by atoms with Gasteiger partial charge < -0.3 is 24.5 Å². The van der Waals surface area contributed by atoms with Gasteiger partial charge in [-0.3, -0.25) is 0 Å². The van der Waals surface area contributed by atoms with Crippen molar-refractivity contribution in [3.05, 3.63) is 53.6 Å². The van der Waals surface area contributed by atoms with Crippen molar-refractivity contribution < 1.29 is 19.0 Å². The van der Waals surface area contributed by atoms with Gasteiger partial charge in [0, 0.05) is 0 Å². The summed E-state index contributed by atoms with van der Waals surface area (Å²) in [7, 11) is 0. The van der Waals surface area contributed by atoms with E-state index in [1.54, 1.807) is 0 Å². The van der Waals surface area contributed by atoms with Gasteiger partial charge in [-0.05, 0) is 36.2 Å². The molecule has 0 unspecified atom stereocenters. The van der Waals surface area contributed by atoms with Crippen LogP contribution in [-0.2, 0) is 11.3 Å². The molecule has 8 nitrogen and oxygen atoms in total. The van der Waals surface area contributed by atoms with E-state index in [4.69, 9.17) is 29.9 Å². The highest BCUT2D eigenvalue weighted by Crippen LogP contribution is 2.34. The molecular weight excluding hydrogens is 444 g/mol. The molecular formula is C27H30N4O4. The largest absolute Gasteiger partial charge is 0.462 e. The lowest BCUT2D eigenvalue weighted by atomic mass is 10.1. The number of esters is 1. The first-order chi connectivity index (χ1) is 17.2. The number of ether oxygens (including phenoxy) is 3. The molecule has 2 aromatic carbocycles. The Labute approximate surface area is 204 Å². The van der Waals surface area contributed by atoms with E-state index < -0.39 is 5.97 Å². The summed E-state index contributed by atoms with van der Waals surface area (Å²) in [6, 6.07) is 13.3. The Morgan fingerprint density at radius 1 is 1.00 bits per heavy atom. The quantitative estimate of drug-likeness (QED) is 0.240. The number of nitrogens with two attached hydrogens (primary N) is 1. The maximum Gasteiger partial charge on any atom is 0.344 e. The van der Waals surface area contributed by atoms with Gasteiger partial charge in [-0.2, -0.15) is 0 Å². The van der Waals surface area contributed by atoms with Crippen molar-refractivity contribution in [1.82, 2.24) is 14.5 Å². The van der Waals surface area contributed by atoms with Crippen LogP contribution in [0.5, 0.6) is 11.5 Å². The maximum absolute atomic E-state index is 13.2. The molecule has 0 spiro atoms. The van der Waals surface area contributed by atoms with Crippen molar-refractivity contribution in [2.24, 2.45) is 0 Å². The van der Waals surface area contributed by atoms with Crippen LogP contribution in [-0.4, -0.2) is 33.9 Å². The summed E-state index contributed by atoms with van der Waals surface area (Å²) in [5.41, 5.74) is 10.2. The average Bonchev–Trinajstić information content (AvgIpc) is 3.44. The molecule has 0 aliphatic carbocycles. The molecule has 0 fully saturated rings. The van der Waals surface area contributed by atoms with Crippen LogP contribution in [0.2, 0.25) is 0 Å². The number of unbranched alkanes of at least 4 members (excludes halogenated alkanes) is 5. The Balaban J connectivity index is 1.44. The minimum Gasteiger partial charge on any atom is -0.462 e. The number of nitrogen functional groups attached to an aromatic ring is 1. The Kier molecular flexibility index (Phi) is 6.70. The molecule has 4 aromatic rings. The average molecular weight is 475 g/mol. The van der Waals surface area contributed by atoms with Gasteiger partial charge >= 0.3 is 5.97 Å². The monoisotopic (exact) mass is 474 g/mol. The SMILES string of the molecule is CCCCCCCCOC(=O)c1c(N)n(Cc2ccc3c(c2)OCO3)c2nc3ccccc3nc12. The second-order valence-electron chi connectivity index (χ2n) is 8.82. The fourth-order valence-corrected chi connectivity index (χ4v) is 4.42. The van der Waals surface area contributed by atoms with Gasteiger partial charge in [-0.25, -0.2) is 14.8 Å². The van der Waals surface area contributed by atoms with Crippen LogP contribution in [0, 0.1) is 0 Å². The zero-order valence-electron chi connectivity index (χ0n) is 20.0. The van der Waals surface area contributed by atoms with Gasteiger partial charge in [0.15, 0.2) is 17.1 Å². The third kappa shape index (κ3) is 4.73. The number of hydrogen-bond donors (Lipinski definition) is 1. The van der Waals surface area contributed by atoms with Crippen LogP contribution >= 0.6 is 0 Å². The van der Waals surface area contributed by atoms with Gasteiger partial charge in [0.2, 0.25) is 6.79 Å². The van der Waals surface area contributed by atoms with E-state index in [0.717, 1.165) is 30.3 Å². The first-order valence-electron chi connectivity index (χ1n) is 12.3. The summed E-state index contributed by atoms with van der Waals surface area (Å²) in [6.07, 6.45) is 6.69. The molecule has 0 saturated carbocycles. The maximum atomic E-state index is 13.2. The van der Waals surface area contributed by atoms with Crippen molar-refractivity contribution >= 4 is 34.0 Å². The second kappa shape index (κ2) is 10.2. The lowest BCUT2D eigenvalue weighted by Gasteiger charge is -2.09. The Bertz CT molecular complexity index is 1360. The van der Waals surface area contributed by atoms with E-state index in [1.807, 2.05) is 47.0 Å².